The molecule has 17 heavy (non-hydrogen) atoms. The number of ether oxygens (including phenoxy) is 1. The number of hydrogen-bond acceptors (Lipinski definition) is 4. The van der Waals surface area contributed by atoms with Crippen LogP contribution >= 0.6 is 0 Å². The predicted molar refractivity (Wildman–Crippen MR) is 60.4 cm³/mol. The second-order valence-corrected chi connectivity index (χ2v) is 3.10. The van der Waals surface area contributed by atoms with Crippen LogP contribution in [0.5, 0.6) is 5.75 Å². The molecule has 0 radical (unpaired) electrons. The third kappa shape index (κ3) is 4.83. The highest BCUT2D eigenvalue weighted by Gasteiger charge is 1.98. The number of carboxylic acid groups (broad SMARTS) is 1. The van der Waals surface area contributed by atoms with E-state index in [1.54, 1.807) is 24.3 Å². The van der Waals surface area contributed by atoms with Crippen LogP contribution in [0.1, 0.15) is 6.92 Å². The molecule has 0 spiro atoms. The van der Waals surface area contributed by atoms with Crippen LogP contribution in [0, 0.1) is 0 Å². The van der Waals surface area contributed by atoms with Crippen molar-refractivity contribution in [2.75, 3.05) is 11.9 Å². The number of benzene rings is 1. The highest BCUT2D eigenvalue weighted by Crippen LogP contribution is 2.15. The molecule has 1 aromatic rings. The van der Waals surface area contributed by atoms with Crippen molar-refractivity contribution in [3.8, 4) is 5.75 Å². The predicted octanol–water partition coefficient (Wildman–Crippen LogP) is 0.330. The molecule has 90 valence electrons. The molecule has 5 heteroatoms. The third-order valence-corrected chi connectivity index (χ3v) is 1.80. The number of nitrogens with one attached hydrogen (secondary N) is 1. The number of carboxylic acids is 1. The lowest BCUT2D eigenvalue weighted by Crippen LogP contribution is -2.20. The second-order valence-electron chi connectivity index (χ2n) is 3.10. The molecular formula is C12H12NO4-. The SMILES string of the molecule is CCOc1ccc(NC(=O)/C=C\C(=O)[O-])cc1. The molecule has 1 rings (SSSR count). The Kier molecular flexibility index (Phi) is 4.75. The maximum atomic E-state index is 11.2. The van der Waals surface area contributed by atoms with Crippen LogP contribution in [-0.4, -0.2) is 18.5 Å². The van der Waals surface area contributed by atoms with Gasteiger partial charge in [-0.15, -0.1) is 0 Å². The van der Waals surface area contributed by atoms with Gasteiger partial charge in [-0.05, 0) is 37.3 Å². The summed E-state index contributed by atoms with van der Waals surface area (Å²) in [6.07, 6.45) is 1.57. The maximum absolute atomic E-state index is 11.2. The normalized spacial score (nSPS) is 10.2. The van der Waals surface area contributed by atoms with Crippen molar-refractivity contribution >= 4 is 17.6 Å². The first-order valence-corrected chi connectivity index (χ1v) is 5.04. The van der Waals surface area contributed by atoms with Gasteiger partial charge in [0.05, 0.1) is 12.6 Å². The van der Waals surface area contributed by atoms with E-state index < -0.39 is 11.9 Å². The fourth-order valence-corrected chi connectivity index (χ4v) is 1.13. The monoisotopic (exact) mass is 234 g/mol. The van der Waals surface area contributed by atoms with Gasteiger partial charge in [0.15, 0.2) is 0 Å². The lowest BCUT2D eigenvalue weighted by atomic mass is 10.3. The van der Waals surface area contributed by atoms with Crippen LogP contribution in [0.3, 0.4) is 0 Å². The van der Waals surface area contributed by atoms with Gasteiger partial charge in [-0.2, -0.15) is 0 Å². The van der Waals surface area contributed by atoms with Crippen molar-refractivity contribution < 1.29 is 19.4 Å². The van der Waals surface area contributed by atoms with Crippen LogP contribution < -0.4 is 15.2 Å². The second kappa shape index (κ2) is 6.32. The van der Waals surface area contributed by atoms with E-state index in [1.807, 2.05) is 6.92 Å². The Labute approximate surface area is 98.7 Å². The smallest absolute Gasteiger partial charge is 0.248 e. The van der Waals surface area contributed by atoms with Gasteiger partial charge in [0.1, 0.15) is 5.75 Å². The third-order valence-electron chi connectivity index (χ3n) is 1.80. The Hall–Kier alpha value is -2.30. The summed E-state index contributed by atoms with van der Waals surface area (Å²) < 4.78 is 5.23. The number of hydrogen-bond donors (Lipinski definition) is 1. The van der Waals surface area contributed by atoms with Gasteiger partial charge >= 0.3 is 0 Å². The molecule has 0 heterocycles. The van der Waals surface area contributed by atoms with E-state index >= 15 is 0 Å². The van der Waals surface area contributed by atoms with Crippen molar-refractivity contribution in [1.29, 1.82) is 0 Å². The highest BCUT2D eigenvalue weighted by molar-refractivity contribution is 6.02. The maximum Gasteiger partial charge on any atom is 0.248 e. The zero-order valence-corrected chi connectivity index (χ0v) is 9.30. The molecule has 1 amide bonds. The summed E-state index contributed by atoms with van der Waals surface area (Å²) in [5, 5.41) is 12.6. The van der Waals surface area contributed by atoms with Crippen LogP contribution in [0.25, 0.3) is 0 Å². The Morgan fingerprint density at radius 2 is 1.94 bits per heavy atom. The number of carbonyl (C=O) groups excluding carboxylic acids is 2. The molecule has 0 aromatic heterocycles. The summed E-state index contributed by atoms with van der Waals surface area (Å²) in [5.74, 6) is -1.24. The molecule has 1 N–H and O–H groups in total. The van der Waals surface area contributed by atoms with Gasteiger partial charge in [-0.3, -0.25) is 4.79 Å². The Bertz CT molecular complexity index is 423. The van der Waals surface area contributed by atoms with E-state index in [0.29, 0.717) is 24.1 Å². The molecule has 0 aliphatic heterocycles. The Morgan fingerprint density at radius 1 is 1.29 bits per heavy atom. The first-order chi connectivity index (χ1) is 8.11. The van der Waals surface area contributed by atoms with Crippen molar-refractivity contribution in [3.63, 3.8) is 0 Å². The fraction of sp³-hybridized carbons (Fsp3) is 0.167. The molecule has 0 saturated heterocycles. The van der Waals surface area contributed by atoms with E-state index in [4.69, 9.17) is 4.74 Å². The fourth-order valence-electron chi connectivity index (χ4n) is 1.13. The van der Waals surface area contributed by atoms with Gasteiger partial charge in [0, 0.05) is 11.8 Å². The number of rotatable bonds is 5. The van der Waals surface area contributed by atoms with E-state index in [0.717, 1.165) is 6.08 Å². The minimum Gasteiger partial charge on any atom is -0.545 e. The number of aliphatic carboxylic acids is 1. The molecule has 0 atom stereocenters. The molecule has 0 fully saturated rings. The molecular weight excluding hydrogens is 222 g/mol. The summed E-state index contributed by atoms with van der Waals surface area (Å²) in [5.41, 5.74) is 0.557. The van der Waals surface area contributed by atoms with Gasteiger partial charge < -0.3 is 20.0 Å². The van der Waals surface area contributed by atoms with Crippen molar-refractivity contribution in [2.24, 2.45) is 0 Å². The minimum absolute atomic E-state index is 0.529. The molecule has 0 bridgehead atoms. The van der Waals surface area contributed by atoms with E-state index in [1.165, 1.54) is 0 Å². The van der Waals surface area contributed by atoms with Gasteiger partial charge in [0.25, 0.3) is 0 Å². The molecule has 0 saturated carbocycles. The summed E-state index contributed by atoms with van der Waals surface area (Å²) in [4.78, 5) is 21.3. The average Bonchev–Trinajstić information content (AvgIpc) is 2.29. The number of anilines is 1. The topological polar surface area (TPSA) is 78.5 Å². The number of amides is 1. The summed E-state index contributed by atoms with van der Waals surface area (Å²) in [6.45, 7) is 2.44. The van der Waals surface area contributed by atoms with E-state index in [-0.39, 0.29) is 0 Å². The van der Waals surface area contributed by atoms with Crippen LogP contribution in [0.2, 0.25) is 0 Å². The lowest BCUT2D eigenvalue weighted by molar-refractivity contribution is -0.297. The summed E-state index contributed by atoms with van der Waals surface area (Å²) >= 11 is 0. The molecule has 0 unspecified atom stereocenters. The quantitative estimate of drug-likeness (QED) is 0.745. The van der Waals surface area contributed by atoms with Crippen LogP contribution in [-0.2, 0) is 9.59 Å². The molecule has 0 aliphatic carbocycles. The zero-order valence-electron chi connectivity index (χ0n) is 9.30. The number of carbonyl (C=O) groups is 2. The molecule has 5 nitrogen and oxygen atoms in total. The molecule has 1 aromatic carbocycles. The van der Waals surface area contributed by atoms with Gasteiger partial charge in [0.2, 0.25) is 5.91 Å². The zero-order chi connectivity index (χ0) is 12.7. The lowest BCUT2D eigenvalue weighted by Gasteiger charge is -2.05. The van der Waals surface area contributed by atoms with Crippen molar-refractivity contribution in [3.05, 3.63) is 36.4 Å². The van der Waals surface area contributed by atoms with Crippen LogP contribution in [0.15, 0.2) is 36.4 Å². The van der Waals surface area contributed by atoms with E-state index in [2.05, 4.69) is 5.32 Å². The van der Waals surface area contributed by atoms with Crippen molar-refractivity contribution in [1.82, 2.24) is 0 Å². The van der Waals surface area contributed by atoms with Gasteiger partial charge in [-0.25, -0.2) is 0 Å². The average molecular weight is 234 g/mol. The first kappa shape index (κ1) is 12.8. The highest BCUT2D eigenvalue weighted by atomic mass is 16.5. The minimum atomic E-state index is -1.41. The largest absolute Gasteiger partial charge is 0.545 e. The standard InChI is InChI=1S/C12H13NO4/c1-2-17-10-5-3-9(4-6-10)13-11(14)7-8-12(15)16/h3-8H,2H2,1H3,(H,13,14)(H,15,16)/p-1/b8-7-. The Morgan fingerprint density at radius 3 is 2.47 bits per heavy atom. The summed E-state index contributed by atoms with van der Waals surface area (Å²) in [6, 6.07) is 6.74. The van der Waals surface area contributed by atoms with Crippen molar-refractivity contribution in [2.45, 2.75) is 6.92 Å². The van der Waals surface area contributed by atoms with Gasteiger partial charge in [-0.1, -0.05) is 0 Å². The first-order valence-electron chi connectivity index (χ1n) is 5.04. The van der Waals surface area contributed by atoms with Crippen LogP contribution in [0.4, 0.5) is 5.69 Å². The summed E-state index contributed by atoms with van der Waals surface area (Å²) in [7, 11) is 0. The Balaban J connectivity index is 2.57. The van der Waals surface area contributed by atoms with E-state index in [9.17, 15) is 14.7 Å². The molecule has 0 aliphatic rings.